The molecule has 0 aromatic heterocycles. The molecule has 0 bridgehead atoms. The van der Waals surface area contributed by atoms with Crippen molar-refractivity contribution in [1.82, 2.24) is 0 Å². The molecule has 3 rings (SSSR count). The number of hydrogen-bond donors (Lipinski definition) is 1. The van der Waals surface area contributed by atoms with Gasteiger partial charge in [-0.1, -0.05) is 18.9 Å². The molecule has 2 saturated carbocycles. The molecule has 20 heavy (non-hydrogen) atoms. The molecule has 110 valence electrons. The van der Waals surface area contributed by atoms with Crippen molar-refractivity contribution in [3.05, 3.63) is 23.8 Å². The summed E-state index contributed by atoms with van der Waals surface area (Å²) < 4.78 is 5.47. The first-order valence-corrected chi connectivity index (χ1v) is 8.12. The van der Waals surface area contributed by atoms with E-state index in [9.17, 15) is 0 Å². The minimum Gasteiger partial charge on any atom is -0.495 e. The molecule has 0 radical (unpaired) electrons. The van der Waals surface area contributed by atoms with E-state index in [1.165, 1.54) is 62.6 Å². The summed E-state index contributed by atoms with van der Waals surface area (Å²) in [6.45, 7) is 2.14. The quantitative estimate of drug-likeness (QED) is 0.844. The zero-order valence-electron chi connectivity index (χ0n) is 12.9. The number of benzene rings is 1. The van der Waals surface area contributed by atoms with Gasteiger partial charge in [0.2, 0.25) is 0 Å². The number of methoxy groups -OCH3 is 1. The van der Waals surface area contributed by atoms with Crippen LogP contribution in [-0.4, -0.2) is 13.2 Å². The monoisotopic (exact) mass is 273 g/mol. The van der Waals surface area contributed by atoms with Crippen molar-refractivity contribution < 1.29 is 4.74 Å². The van der Waals surface area contributed by atoms with Crippen LogP contribution in [0.1, 0.15) is 56.9 Å². The molecule has 0 saturated heterocycles. The summed E-state index contributed by atoms with van der Waals surface area (Å²) in [7, 11) is 1.75. The Morgan fingerprint density at radius 3 is 2.45 bits per heavy atom. The molecule has 1 spiro atoms. The average molecular weight is 273 g/mol. The lowest BCUT2D eigenvalue weighted by atomic mass is 9.71. The number of aryl methyl sites for hydroxylation is 1. The smallest absolute Gasteiger partial charge is 0.141 e. The third kappa shape index (κ3) is 2.79. The highest BCUT2D eigenvalue weighted by Crippen LogP contribution is 2.49. The first-order valence-electron chi connectivity index (χ1n) is 8.12. The standard InChI is InChI=1S/C18H27NO/c1-14-5-6-17(20-2)16(13-14)19-15-7-11-18(12-8-15)9-3-4-10-18/h5-6,13,15,19H,3-4,7-12H2,1-2H3. The lowest BCUT2D eigenvalue weighted by Crippen LogP contribution is -2.31. The van der Waals surface area contributed by atoms with Crippen molar-refractivity contribution >= 4 is 5.69 Å². The number of rotatable bonds is 3. The maximum Gasteiger partial charge on any atom is 0.141 e. The Balaban J connectivity index is 1.63. The van der Waals surface area contributed by atoms with E-state index in [2.05, 4.69) is 30.4 Å². The number of hydrogen-bond acceptors (Lipinski definition) is 2. The minimum atomic E-state index is 0.622. The fraction of sp³-hybridized carbons (Fsp3) is 0.667. The van der Waals surface area contributed by atoms with Gasteiger partial charge in [0, 0.05) is 6.04 Å². The van der Waals surface area contributed by atoms with E-state index >= 15 is 0 Å². The Hall–Kier alpha value is -1.18. The fourth-order valence-electron chi connectivity index (χ4n) is 4.15. The minimum absolute atomic E-state index is 0.622. The van der Waals surface area contributed by atoms with Gasteiger partial charge in [-0.05, 0) is 68.6 Å². The Labute approximate surface area is 122 Å². The molecule has 2 nitrogen and oxygen atoms in total. The van der Waals surface area contributed by atoms with Crippen molar-refractivity contribution in [2.24, 2.45) is 5.41 Å². The summed E-state index contributed by atoms with van der Waals surface area (Å²) in [5.74, 6) is 0.969. The van der Waals surface area contributed by atoms with Crippen molar-refractivity contribution in [1.29, 1.82) is 0 Å². The van der Waals surface area contributed by atoms with Gasteiger partial charge in [0.1, 0.15) is 5.75 Å². The van der Waals surface area contributed by atoms with Gasteiger partial charge in [0.05, 0.1) is 12.8 Å². The molecule has 0 atom stereocenters. The zero-order valence-corrected chi connectivity index (χ0v) is 12.9. The van der Waals surface area contributed by atoms with Gasteiger partial charge in [-0.3, -0.25) is 0 Å². The lowest BCUT2D eigenvalue weighted by molar-refractivity contribution is 0.188. The second-order valence-electron chi connectivity index (χ2n) is 6.83. The summed E-state index contributed by atoms with van der Waals surface area (Å²) in [6.07, 6.45) is 11.3. The highest BCUT2D eigenvalue weighted by molar-refractivity contribution is 5.58. The third-order valence-electron chi connectivity index (χ3n) is 5.43. The van der Waals surface area contributed by atoms with Crippen LogP contribution in [0, 0.1) is 12.3 Å². The van der Waals surface area contributed by atoms with E-state index in [0.717, 1.165) is 11.2 Å². The van der Waals surface area contributed by atoms with Crippen LogP contribution in [-0.2, 0) is 0 Å². The number of ether oxygens (including phenoxy) is 1. The Bertz CT molecular complexity index is 452. The van der Waals surface area contributed by atoms with Gasteiger partial charge < -0.3 is 10.1 Å². The van der Waals surface area contributed by atoms with Crippen LogP contribution >= 0.6 is 0 Å². The average Bonchev–Trinajstić information content (AvgIpc) is 2.90. The normalized spacial score (nSPS) is 22.1. The Morgan fingerprint density at radius 2 is 1.80 bits per heavy atom. The summed E-state index contributed by atoms with van der Waals surface area (Å²) in [4.78, 5) is 0. The molecule has 0 aliphatic heterocycles. The van der Waals surface area contributed by atoms with Gasteiger partial charge in [-0.15, -0.1) is 0 Å². The largest absolute Gasteiger partial charge is 0.495 e. The first-order chi connectivity index (χ1) is 9.71. The van der Waals surface area contributed by atoms with Crippen LogP contribution in [0.3, 0.4) is 0 Å². The molecule has 2 fully saturated rings. The highest BCUT2D eigenvalue weighted by atomic mass is 16.5. The van der Waals surface area contributed by atoms with E-state index in [0.29, 0.717) is 6.04 Å². The second kappa shape index (κ2) is 5.67. The van der Waals surface area contributed by atoms with E-state index in [4.69, 9.17) is 4.74 Å². The molecule has 0 amide bonds. The third-order valence-corrected chi connectivity index (χ3v) is 5.43. The van der Waals surface area contributed by atoms with Crippen LogP contribution in [0.2, 0.25) is 0 Å². The molecular weight excluding hydrogens is 246 g/mol. The molecule has 1 N–H and O–H groups in total. The second-order valence-corrected chi connectivity index (χ2v) is 6.83. The molecule has 2 heteroatoms. The van der Waals surface area contributed by atoms with Crippen molar-refractivity contribution in [3.8, 4) is 5.75 Å². The molecule has 1 aromatic carbocycles. The maximum absolute atomic E-state index is 5.47. The summed E-state index contributed by atoms with van der Waals surface area (Å²) >= 11 is 0. The van der Waals surface area contributed by atoms with Crippen molar-refractivity contribution in [2.45, 2.75) is 64.3 Å². The van der Waals surface area contributed by atoms with Gasteiger partial charge in [-0.25, -0.2) is 0 Å². The van der Waals surface area contributed by atoms with Crippen molar-refractivity contribution in [2.75, 3.05) is 12.4 Å². The molecular formula is C18H27NO. The summed E-state index contributed by atoms with van der Waals surface area (Å²) in [6, 6.07) is 7.01. The topological polar surface area (TPSA) is 21.3 Å². The zero-order chi connectivity index (χ0) is 14.0. The van der Waals surface area contributed by atoms with Crippen LogP contribution in [0.25, 0.3) is 0 Å². The maximum atomic E-state index is 5.47. The van der Waals surface area contributed by atoms with Crippen LogP contribution in [0.4, 0.5) is 5.69 Å². The van der Waals surface area contributed by atoms with E-state index in [-0.39, 0.29) is 0 Å². The molecule has 0 unspecified atom stereocenters. The summed E-state index contributed by atoms with van der Waals surface area (Å²) in [5.41, 5.74) is 3.17. The SMILES string of the molecule is COc1ccc(C)cc1NC1CCC2(CCCC2)CC1. The summed E-state index contributed by atoms with van der Waals surface area (Å²) in [5, 5.41) is 3.72. The molecule has 0 heterocycles. The number of nitrogens with one attached hydrogen (secondary N) is 1. The first kappa shape index (κ1) is 13.8. The van der Waals surface area contributed by atoms with E-state index in [1.807, 2.05) is 0 Å². The van der Waals surface area contributed by atoms with Gasteiger partial charge in [0.25, 0.3) is 0 Å². The van der Waals surface area contributed by atoms with Crippen LogP contribution < -0.4 is 10.1 Å². The van der Waals surface area contributed by atoms with Crippen molar-refractivity contribution in [3.63, 3.8) is 0 Å². The van der Waals surface area contributed by atoms with E-state index < -0.39 is 0 Å². The van der Waals surface area contributed by atoms with Gasteiger partial charge in [0.15, 0.2) is 0 Å². The lowest BCUT2D eigenvalue weighted by Gasteiger charge is -2.38. The fourth-order valence-corrected chi connectivity index (χ4v) is 4.15. The van der Waals surface area contributed by atoms with E-state index in [1.54, 1.807) is 7.11 Å². The molecule has 2 aliphatic rings. The van der Waals surface area contributed by atoms with Gasteiger partial charge in [-0.2, -0.15) is 0 Å². The molecule has 2 aliphatic carbocycles. The van der Waals surface area contributed by atoms with Crippen LogP contribution in [0.5, 0.6) is 5.75 Å². The molecule has 1 aromatic rings. The predicted octanol–water partition coefficient (Wildman–Crippen LogP) is 4.92. The Morgan fingerprint density at radius 1 is 1.10 bits per heavy atom. The van der Waals surface area contributed by atoms with Crippen LogP contribution in [0.15, 0.2) is 18.2 Å². The van der Waals surface area contributed by atoms with Gasteiger partial charge >= 0.3 is 0 Å². The number of anilines is 1. The predicted molar refractivity (Wildman–Crippen MR) is 84.5 cm³/mol. The Kier molecular flexibility index (Phi) is 3.91. The highest BCUT2D eigenvalue weighted by Gasteiger charge is 2.37.